The molecule has 0 radical (unpaired) electrons. The van der Waals surface area contributed by atoms with Gasteiger partial charge in [0.25, 0.3) is 0 Å². The fraction of sp³-hybridized carbons (Fsp3) is 0. The molecule has 0 amide bonds. The first-order valence-corrected chi connectivity index (χ1v) is 5.41. The molecule has 3 heteroatoms. The van der Waals surface area contributed by atoms with Gasteiger partial charge in [-0.25, -0.2) is 4.98 Å². The van der Waals surface area contributed by atoms with Crippen LogP contribution in [0.4, 0.5) is 0 Å². The number of thiazole rings is 1. The molecule has 0 aliphatic rings. The van der Waals surface area contributed by atoms with Crippen molar-refractivity contribution >= 4 is 23.2 Å². The van der Waals surface area contributed by atoms with E-state index in [-0.39, 0.29) is 5.78 Å². The molecule has 0 bridgehead atoms. The fourth-order valence-electron chi connectivity index (χ4n) is 1.15. The summed E-state index contributed by atoms with van der Waals surface area (Å²) in [5, 5.41) is 2.33. The first-order valence-electron chi connectivity index (χ1n) is 4.53. The molecule has 2 nitrogen and oxygen atoms in total. The molecular formula is C12H9NOS. The zero-order valence-electron chi connectivity index (χ0n) is 7.96. The van der Waals surface area contributed by atoms with Crippen LogP contribution in [0.25, 0.3) is 6.08 Å². The van der Waals surface area contributed by atoms with Gasteiger partial charge in [-0.05, 0) is 11.6 Å². The van der Waals surface area contributed by atoms with Crippen LogP contribution in [0.15, 0.2) is 48.0 Å². The number of carbonyl (C=O) groups is 1. The number of hydrogen-bond acceptors (Lipinski definition) is 3. The third kappa shape index (κ3) is 2.60. The standard InChI is InChI=1S/C12H9NOS/c14-11(12-13-8-9-15-12)7-6-10-4-2-1-3-5-10/h1-9H/b7-6+. The minimum absolute atomic E-state index is 0.0474. The van der Waals surface area contributed by atoms with Crippen LogP contribution in [-0.4, -0.2) is 10.8 Å². The Hall–Kier alpha value is -1.74. The van der Waals surface area contributed by atoms with E-state index in [1.54, 1.807) is 23.7 Å². The normalized spacial score (nSPS) is 10.7. The highest BCUT2D eigenvalue weighted by atomic mass is 32.1. The molecule has 2 rings (SSSR count). The minimum Gasteiger partial charge on any atom is -0.287 e. The van der Waals surface area contributed by atoms with E-state index in [9.17, 15) is 4.79 Å². The van der Waals surface area contributed by atoms with Crippen LogP contribution in [0.3, 0.4) is 0 Å². The number of aromatic nitrogens is 1. The number of benzene rings is 1. The van der Waals surface area contributed by atoms with Crippen LogP contribution < -0.4 is 0 Å². The van der Waals surface area contributed by atoms with E-state index in [0.29, 0.717) is 5.01 Å². The third-order valence-electron chi connectivity index (χ3n) is 1.87. The Morgan fingerprint density at radius 1 is 1.27 bits per heavy atom. The summed E-state index contributed by atoms with van der Waals surface area (Å²) in [6.07, 6.45) is 4.98. The van der Waals surface area contributed by atoms with Gasteiger partial charge in [0.15, 0.2) is 5.01 Å². The summed E-state index contributed by atoms with van der Waals surface area (Å²) < 4.78 is 0. The molecule has 15 heavy (non-hydrogen) atoms. The Balaban J connectivity index is 2.10. The predicted molar refractivity (Wildman–Crippen MR) is 61.9 cm³/mol. The van der Waals surface area contributed by atoms with Gasteiger partial charge in [0.2, 0.25) is 5.78 Å². The van der Waals surface area contributed by atoms with Crippen LogP contribution in [0.2, 0.25) is 0 Å². The SMILES string of the molecule is O=C(/C=C/c1ccccc1)c1nccs1. The Morgan fingerprint density at radius 3 is 2.73 bits per heavy atom. The van der Waals surface area contributed by atoms with Gasteiger partial charge in [-0.2, -0.15) is 0 Å². The number of ketones is 1. The summed E-state index contributed by atoms with van der Waals surface area (Å²) in [7, 11) is 0. The van der Waals surface area contributed by atoms with Gasteiger partial charge in [0, 0.05) is 11.6 Å². The first-order chi connectivity index (χ1) is 7.36. The Labute approximate surface area is 91.9 Å². The van der Waals surface area contributed by atoms with Gasteiger partial charge >= 0.3 is 0 Å². The lowest BCUT2D eigenvalue weighted by molar-refractivity contribution is 0.104. The van der Waals surface area contributed by atoms with Crippen LogP contribution >= 0.6 is 11.3 Å². The van der Waals surface area contributed by atoms with Gasteiger partial charge in [0.1, 0.15) is 0 Å². The average molecular weight is 215 g/mol. The highest BCUT2D eigenvalue weighted by Crippen LogP contribution is 2.07. The van der Waals surface area contributed by atoms with Gasteiger partial charge in [-0.1, -0.05) is 36.4 Å². The summed E-state index contributed by atoms with van der Waals surface area (Å²) in [4.78, 5) is 15.5. The average Bonchev–Trinajstić information content (AvgIpc) is 2.81. The Bertz CT molecular complexity index is 460. The molecule has 74 valence electrons. The van der Waals surface area contributed by atoms with Gasteiger partial charge in [0.05, 0.1) is 0 Å². The molecule has 0 atom stereocenters. The quantitative estimate of drug-likeness (QED) is 0.582. The van der Waals surface area contributed by atoms with E-state index >= 15 is 0 Å². The second kappa shape index (κ2) is 4.66. The highest BCUT2D eigenvalue weighted by molar-refractivity contribution is 7.11. The van der Waals surface area contributed by atoms with Gasteiger partial charge < -0.3 is 0 Å². The zero-order valence-corrected chi connectivity index (χ0v) is 8.78. The second-order valence-electron chi connectivity index (χ2n) is 2.95. The summed E-state index contributed by atoms with van der Waals surface area (Å²) in [5.41, 5.74) is 1.02. The van der Waals surface area contributed by atoms with Crippen molar-refractivity contribution in [1.82, 2.24) is 4.98 Å². The van der Waals surface area contributed by atoms with E-state index < -0.39 is 0 Å². The number of rotatable bonds is 3. The molecule has 0 saturated carbocycles. The number of nitrogens with zero attached hydrogens (tertiary/aromatic N) is 1. The van der Waals surface area contributed by atoms with Crippen molar-refractivity contribution in [3.63, 3.8) is 0 Å². The van der Waals surface area contributed by atoms with Crippen LogP contribution in [-0.2, 0) is 0 Å². The van der Waals surface area contributed by atoms with E-state index in [4.69, 9.17) is 0 Å². The molecule has 0 N–H and O–H groups in total. The van der Waals surface area contributed by atoms with Crippen LogP contribution in [0.1, 0.15) is 15.4 Å². The topological polar surface area (TPSA) is 30.0 Å². The van der Waals surface area contributed by atoms with Crippen molar-refractivity contribution in [2.75, 3.05) is 0 Å². The molecule has 0 spiro atoms. The van der Waals surface area contributed by atoms with E-state index in [1.165, 1.54) is 11.3 Å². The van der Waals surface area contributed by atoms with Crippen molar-refractivity contribution in [3.8, 4) is 0 Å². The van der Waals surface area contributed by atoms with Crippen LogP contribution in [0.5, 0.6) is 0 Å². The molecule has 0 aliphatic heterocycles. The van der Waals surface area contributed by atoms with E-state index in [1.807, 2.05) is 30.3 Å². The van der Waals surface area contributed by atoms with Crippen molar-refractivity contribution in [2.24, 2.45) is 0 Å². The van der Waals surface area contributed by atoms with Crippen molar-refractivity contribution in [1.29, 1.82) is 0 Å². The monoisotopic (exact) mass is 215 g/mol. The molecule has 1 heterocycles. The van der Waals surface area contributed by atoms with Crippen molar-refractivity contribution in [2.45, 2.75) is 0 Å². The van der Waals surface area contributed by atoms with E-state index in [0.717, 1.165) is 5.56 Å². The maximum Gasteiger partial charge on any atom is 0.214 e. The van der Waals surface area contributed by atoms with E-state index in [2.05, 4.69) is 4.98 Å². The Kier molecular flexibility index (Phi) is 3.05. The summed E-state index contributed by atoms with van der Waals surface area (Å²) >= 11 is 1.35. The van der Waals surface area contributed by atoms with Crippen molar-refractivity contribution < 1.29 is 4.79 Å². The molecule has 2 aromatic rings. The Morgan fingerprint density at radius 2 is 2.07 bits per heavy atom. The molecule has 0 saturated heterocycles. The lowest BCUT2D eigenvalue weighted by Gasteiger charge is -1.90. The summed E-state index contributed by atoms with van der Waals surface area (Å²) in [6, 6.07) is 9.72. The largest absolute Gasteiger partial charge is 0.287 e. The summed E-state index contributed by atoms with van der Waals surface area (Å²) in [6.45, 7) is 0. The lowest BCUT2D eigenvalue weighted by atomic mass is 10.2. The number of allylic oxidation sites excluding steroid dienone is 1. The van der Waals surface area contributed by atoms with Crippen molar-refractivity contribution in [3.05, 3.63) is 58.6 Å². The minimum atomic E-state index is -0.0474. The molecule has 1 aromatic heterocycles. The maximum absolute atomic E-state index is 11.5. The van der Waals surface area contributed by atoms with Gasteiger partial charge in [-0.3, -0.25) is 4.79 Å². The zero-order chi connectivity index (χ0) is 10.5. The highest BCUT2D eigenvalue weighted by Gasteiger charge is 2.02. The molecule has 0 aliphatic carbocycles. The molecule has 0 unspecified atom stereocenters. The number of hydrogen-bond donors (Lipinski definition) is 0. The lowest BCUT2D eigenvalue weighted by Crippen LogP contribution is -1.91. The first kappa shape index (κ1) is 9.80. The summed E-state index contributed by atoms with van der Waals surface area (Å²) in [5.74, 6) is -0.0474. The maximum atomic E-state index is 11.5. The van der Waals surface area contributed by atoms with Gasteiger partial charge in [-0.15, -0.1) is 11.3 Å². The molecule has 0 fully saturated rings. The predicted octanol–water partition coefficient (Wildman–Crippen LogP) is 3.04. The van der Waals surface area contributed by atoms with Crippen LogP contribution in [0, 0.1) is 0 Å². The second-order valence-corrected chi connectivity index (χ2v) is 3.84. The molecular weight excluding hydrogens is 206 g/mol. The number of carbonyl (C=O) groups excluding carboxylic acids is 1. The third-order valence-corrected chi connectivity index (χ3v) is 2.66. The smallest absolute Gasteiger partial charge is 0.214 e. The fourth-order valence-corrected chi connectivity index (χ4v) is 1.71. The molecule has 1 aromatic carbocycles.